The molecule has 1 amide bonds. The molecule has 0 fully saturated rings. The lowest BCUT2D eigenvalue weighted by Gasteiger charge is -2.17. The number of thiol groups is 1. The van der Waals surface area contributed by atoms with E-state index in [1.165, 1.54) is 6.42 Å². The Morgan fingerprint density at radius 1 is 1.22 bits per heavy atom. The number of carbonyl (C=O) groups is 1. The fraction of sp³-hybridized carbons (Fsp3) is 0.500. The Bertz CT molecular complexity index is 436. The van der Waals surface area contributed by atoms with Gasteiger partial charge in [0.05, 0.1) is 6.42 Å². The van der Waals surface area contributed by atoms with Gasteiger partial charge in [0.25, 0.3) is 0 Å². The summed E-state index contributed by atoms with van der Waals surface area (Å²) in [7, 11) is 0. The van der Waals surface area contributed by atoms with E-state index in [4.69, 9.17) is 11.6 Å². The van der Waals surface area contributed by atoms with Crippen molar-refractivity contribution in [2.24, 2.45) is 0 Å². The summed E-state index contributed by atoms with van der Waals surface area (Å²) >= 11 is 10.2. The molecule has 0 radical (unpaired) electrons. The van der Waals surface area contributed by atoms with Crippen molar-refractivity contribution < 1.29 is 4.79 Å². The van der Waals surface area contributed by atoms with E-state index in [0.29, 0.717) is 11.4 Å². The molecule has 1 aliphatic heterocycles. The summed E-state index contributed by atoms with van der Waals surface area (Å²) in [5.41, 5.74) is 2.10. The molecule has 2 rings (SSSR count). The van der Waals surface area contributed by atoms with Gasteiger partial charge in [-0.3, -0.25) is 4.79 Å². The molecule has 0 unspecified atom stereocenters. The Kier molecular flexibility index (Phi) is 4.95. The molecule has 4 heteroatoms. The summed E-state index contributed by atoms with van der Waals surface area (Å²) < 4.78 is 0. The quantitative estimate of drug-likeness (QED) is 0.623. The minimum atomic E-state index is 0.196. The van der Waals surface area contributed by atoms with Crippen LogP contribution >= 0.6 is 24.2 Å². The zero-order valence-corrected chi connectivity index (χ0v) is 12.0. The Morgan fingerprint density at radius 2 is 2.00 bits per heavy atom. The van der Waals surface area contributed by atoms with E-state index in [-0.39, 0.29) is 5.91 Å². The number of hydrogen-bond donors (Lipinski definition) is 1. The SMILES string of the molecule is O=C1Cc2ccc(Cl)cc2N1CCCCCCS. The molecule has 1 aromatic carbocycles. The second-order valence-electron chi connectivity index (χ2n) is 4.63. The van der Waals surface area contributed by atoms with Crippen LogP contribution < -0.4 is 4.90 Å². The summed E-state index contributed by atoms with van der Waals surface area (Å²) in [6.07, 6.45) is 5.06. The van der Waals surface area contributed by atoms with Gasteiger partial charge in [-0.1, -0.05) is 30.5 Å². The van der Waals surface area contributed by atoms with Gasteiger partial charge in [-0.15, -0.1) is 0 Å². The van der Waals surface area contributed by atoms with E-state index in [2.05, 4.69) is 12.6 Å². The van der Waals surface area contributed by atoms with Crippen molar-refractivity contribution in [2.45, 2.75) is 32.1 Å². The molecule has 0 aliphatic carbocycles. The predicted molar refractivity (Wildman–Crippen MR) is 79.8 cm³/mol. The molecule has 0 saturated heterocycles. The van der Waals surface area contributed by atoms with Gasteiger partial charge in [-0.05, 0) is 36.3 Å². The highest BCUT2D eigenvalue weighted by Gasteiger charge is 2.26. The van der Waals surface area contributed by atoms with Crippen molar-refractivity contribution in [1.29, 1.82) is 0 Å². The van der Waals surface area contributed by atoms with Gasteiger partial charge in [-0.25, -0.2) is 0 Å². The van der Waals surface area contributed by atoms with Gasteiger partial charge in [0, 0.05) is 17.3 Å². The fourth-order valence-corrected chi connectivity index (χ4v) is 2.70. The number of carbonyl (C=O) groups excluding carboxylic acids is 1. The van der Waals surface area contributed by atoms with Crippen LogP contribution in [0.3, 0.4) is 0 Å². The molecule has 0 bridgehead atoms. The van der Waals surface area contributed by atoms with Crippen LogP contribution in [0, 0.1) is 0 Å². The summed E-state index contributed by atoms with van der Waals surface area (Å²) in [6, 6.07) is 5.70. The molecule has 0 atom stereocenters. The topological polar surface area (TPSA) is 20.3 Å². The first-order valence-electron chi connectivity index (χ1n) is 6.42. The number of unbranched alkanes of at least 4 members (excludes halogenated alkanes) is 3. The van der Waals surface area contributed by atoms with Crippen LogP contribution in [0.15, 0.2) is 18.2 Å². The van der Waals surface area contributed by atoms with E-state index < -0.39 is 0 Å². The van der Waals surface area contributed by atoms with Crippen molar-refractivity contribution in [3.63, 3.8) is 0 Å². The number of rotatable bonds is 6. The van der Waals surface area contributed by atoms with Crippen LogP contribution in [0.25, 0.3) is 0 Å². The molecule has 0 aromatic heterocycles. The van der Waals surface area contributed by atoms with Crippen molar-refractivity contribution in [3.8, 4) is 0 Å². The number of fused-ring (bicyclic) bond motifs is 1. The van der Waals surface area contributed by atoms with Crippen molar-refractivity contribution >= 4 is 35.8 Å². The van der Waals surface area contributed by atoms with Crippen LogP contribution in [-0.2, 0) is 11.2 Å². The Labute approximate surface area is 119 Å². The summed E-state index contributed by atoms with van der Waals surface area (Å²) in [4.78, 5) is 13.8. The maximum atomic E-state index is 11.9. The number of benzene rings is 1. The lowest BCUT2D eigenvalue weighted by molar-refractivity contribution is -0.117. The highest BCUT2D eigenvalue weighted by Crippen LogP contribution is 2.31. The van der Waals surface area contributed by atoms with Gasteiger partial charge >= 0.3 is 0 Å². The van der Waals surface area contributed by atoms with Crippen molar-refractivity contribution in [1.82, 2.24) is 0 Å². The third kappa shape index (κ3) is 3.21. The molecule has 1 heterocycles. The van der Waals surface area contributed by atoms with Crippen molar-refractivity contribution in [3.05, 3.63) is 28.8 Å². The second-order valence-corrected chi connectivity index (χ2v) is 5.52. The standard InChI is InChI=1S/C14H18ClNOS/c15-12-6-5-11-9-14(17)16(13(11)10-12)7-3-1-2-4-8-18/h5-6,10,18H,1-4,7-9H2. The molecule has 98 valence electrons. The molecule has 0 spiro atoms. The zero-order valence-electron chi connectivity index (χ0n) is 10.4. The molecule has 1 aromatic rings. The fourth-order valence-electron chi connectivity index (χ4n) is 2.31. The maximum absolute atomic E-state index is 11.9. The number of hydrogen-bond acceptors (Lipinski definition) is 2. The molecule has 1 aliphatic rings. The third-order valence-corrected chi connectivity index (χ3v) is 3.82. The largest absolute Gasteiger partial charge is 0.312 e. The molecule has 2 nitrogen and oxygen atoms in total. The lowest BCUT2D eigenvalue weighted by Crippen LogP contribution is -2.27. The maximum Gasteiger partial charge on any atom is 0.231 e. The van der Waals surface area contributed by atoms with E-state index in [1.54, 1.807) is 0 Å². The highest BCUT2D eigenvalue weighted by atomic mass is 35.5. The van der Waals surface area contributed by atoms with Gasteiger partial charge in [0.2, 0.25) is 5.91 Å². The minimum absolute atomic E-state index is 0.196. The molecular formula is C14H18ClNOS. The first kappa shape index (κ1) is 13.8. The second kappa shape index (κ2) is 6.48. The number of nitrogens with zero attached hydrogens (tertiary/aromatic N) is 1. The van der Waals surface area contributed by atoms with E-state index in [0.717, 1.165) is 42.8 Å². The number of halogens is 1. The monoisotopic (exact) mass is 283 g/mol. The van der Waals surface area contributed by atoms with Crippen LogP contribution in [0.5, 0.6) is 0 Å². The summed E-state index contributed by atoms with van der Waals surface area (Å²) in [5, 5.41) is 0.698. The number of anilines is 1. The lowest BCUT2D eigenvalue weighted by atomic mass is 10.1. The van der Waals surface area contributed by atoms with Gasteiger partial charge < -0.3 is 4.90 Å². The van der Waals surface area contributed by atoms with Crippen LogP contribution in [0.4, 0.5) is 5.69 Å². The zero-order chi connectivity index (χ0) is 13.0. The van der Waals surface area contributed by atoms with Gasteiger partial charge in [0.15, 0.2) is 0 Å². The van der Waals surface area contributed by atoms with E-state index >= 15 is 0 Å². The molecular weight excluding hydrogens is 266 g/mol. The highest BCUT2D eigenvalue weighted by molar-refractivity contribution is 7.80. The molecule has 0 N–H and O–H groups in total. The van der Waals surface area contributed by atoms with Crippen LogP contribution in [0.1, 0.15) is 31.2 Å². The van der Waals surface area contributed by atoms with Crippen LogP contribution in [-0.4, -0.2) is 18.2 Å². The molecule has 0 saturated carbocycles. The minimum Gasteiger partial charge on any atom is -0.312 e. The average Bonchev–Trinajstić information content (AvgIpc) is 2.65. The predicted octanol–water partition coefficient (Wildman–Crippen LogP) is 3.72. The third-order valence-electron chi connectivity index (χ3n) is 3.27. The van der Waals surface area contributed by atoms with Gasteiger partial charge in [-0.2, -0.15) is 12.6 Å². The Morgan fingerprint density at radius 3 is 2.78 bits per heavy atom. The van der Waals surface area contributed by atoms with E-state index in [9.17, 15) is 4.79 Å². The van der Waals surface area contributed by atoms with E-state index in [1.807, 2.05) is 23.1 Å². The summed E-state index contributed by atoms with van der Waals surface area (Å²) in [6.45, 7) is 0.804. The first-order valence-corrected chi connectivity index (χ1v) is 7.43. The molecule has 18 heavy (non-hydrogen) atoms. The smallest absolute Gasteiger partial charge is 0.231 e. The van der Waals surface area contributed by atoms with Crippen molar-refractivity contribution in [2.75, 3.05) is 17.2 Å². The normalized spacial score (nSPS) is 14.1. The number of amides is 1. The Balaban J connectivity index is 1.93. The Hall–Kier alpha value is -0.670. The average molecular weight is 284 g/mol. The summed E-state index contributed by atoms with van der Waals surface area (Å²) in [5.74, 6) is 1.14. The van der Waals surface area contributed by atoms with Gasteiger partial charge in [0.1, 0.15) is 0 Å². The first-order chi connectivity index (χ1) is 8.72. The van der Waals surface area contributed by atoms with Crippen LogP contribution in [0.2, 0.25) is 5.02 Å².